The Bertz CT molecular complexity index is 1250. The second-order valence-corrected chi connectivity index (χ2v) is 7.43. The average Bonchev–Trinajstić information content (AvgIpc) is 2.74. The number of rotatable bonds is 5. The second kappa shape index (κ2) is 8.41. The Morgan fingerprint density at radius 1 is 1.03 bits per heavy atom. The molecular formula is C23H18BrN3O2. The fourth-order valence-electron chi connectivity index (χ4n) is 2.92. The predicted molar refractivity (Wildman–Crippen MR) is 119 cm³/mol. The van der Waals surface area contributed by atoms with Crippen LogP contribution in [0.15, 0.2) is 87.2 Å². The highest BCUT2D eigenvalue weighted by molar-refractivity contribution is 9.10. The van der Waals surface area contributed by atoms with Crippen LogP contribution in [-0.4, -0.2) is 15.9 Å². The molecule has 3 aromatic carbocycles. The van der Waals surface area contributed by atoms with Gasteiger partial charge in [0.05, 0.1) is 17.1 Å². The van der Waals surface area contributed by atoms with Crippen molar-refractivity contribution in [2.45, 2.75) is 13.5 Å². The SMILES string of the molecule is Cc1ccccc1OCc1nc2ccccc2c(=O)n1N=Cc1ccc(Br)cc1. The highest BCUT2D eigenvalue weighted by atomic mass is 79.9. The zero-order chi connectivity index (χ0) is 20.2. The number of hydrogen-bond acceptors (Lipinski definition) is 4. The standard InChI is InChI=1S/C23H18BrN3O2/c1-16-6-2-5-9-21(16)29-15-22-26-20-8-4-3-7-19(20)23(28)27(22)25-14-17-10-12-18(24)13-11-17/h2-14H,15H2,1H3. The summed E-state index contributed by atoms with van der Waals surface area (Å²) in [6.07, 6.45) is 1.64. The van der Waals surface area contributed by atoms with Crippen LogP contribution in [0.4, 0.5) is 0 Å². The quantitative estimate of drug-likeness (QED) is 0.407. The molecule has 4 rings (SSSR count). The summed E-state index contributed by atoms with van der Waals surface area (Å²) < 4.78 is 8.22. The highest BCUT2D eigenvalue weighted by Crippen LogP contribution is 2.18. The van der Waals surface area contributed by atoms with E-state index in [4.69, 9.17) is 4.74 Å². The van der Waals surface area contributed by atoms with Gasteiger partial charge in [-0.15, -0.1) is 0 Å². The molecule has 4 aromatic rings. The van der Waals surface area contributed by atoms with E-state index in [1.165, 1.54) is 4.68 Å². The van der Waals surface area contributed by atoms with Gasteiger partial charge < -0.3 is 4.74 Å². The van der Waals surface area contributed by atoms with Crippen molar-refractivity contribution in [3.05, 3.63) is 105 Å². The van der Waals surface area contributed by atoms with Gasteiger partial charge in [-0.2, -0.15) is 9.78 Å². The van der Waals surface area contributed by atoms with Gasteiger partial charge in [-0.25, -0.2) is 4.98 Å². The number of nitrogens with zero attached hydrogens (tertiary/aromatic N) is 3. The van der Waals surface area contributed by atoms with Crippen molar-refractivity contribution in [3.63, 3.8) is 0 Å². The lowest BCUT2D eigenvalue weighted by molar-refractivity contribution is 0.287. The Hall–Kier alpha value is -3.25. The molecule has 144 valence electrons. The lowest BCUT2D eigenvalue weighted by Gasteiger charge is -2.12. The van der Waals surface area contributed by atoms with Crippen molar-refractivity contribution < 1.29 is 4.74 Å². The van der Waals surface area contributed by atoms with E-state index in [1.807, 2.05) is 73.7 Å². The number of hydrogen-bond donors (Lipinski definition) is 0. The van der Waals surface area contributed by atoms with Crippen molar-refractivity contribution in [1.82, 2.24) is 9.66 Å². The van der Waals surface area contributed by atoms with Gasteiger partial charge in [0.15, 0.2) is 5.82 Å². The average molecular weight is 448 g/mol. The van der Waals surface area contributed by atoms with Gasteiger partial charge in [0.2, 0.25) is 0 Å². The van der Waals surface area contributed by atoms with E-state index in [2.05, 4.69) is 26.0 Å². The van der Waals surface area contributed by atoms with E-state index in [0.29, 0.717) is 16.7 Å². The Morgan fingerprint density at radius 3 is 2.55 bits per heavy atom. The molecule has 0 atom stereocenters. The molecule has 1 aromatic heterocycles. The predicted octanol–water partition coefficient (Wildman–Crippen LogP) is 4.93. The summed E-state index contributed by atoms with van der Waals surface area (Å²) in [5, 5.41) is 4.93. The van der Waals surface area contributed by atoms with Crippen LogP contribution in [0.2, 0.25) is 0 Å². The maximum Gasteiger partial charge on any atom is 0.282 e. The first-order chi connectivity index (χ1) is 14.1. The third-order valence-corrected chi connectivity index (χ3v) is 4.99. The van der Waals surface area contributed by atoms with Crippen molar-refractivity contribution in [2.75, 3.05) is 0 Å². The van der Waals surface area contributed by atoms with Crippen LogP contribution < -0.4 is 10.3 Å². The van der Waals surface area contributed by atoms with Crippen molar-refractivity contribution >= 4 is 33.0 Å². The largest absolute Gasteiger partial charge is 0.485 e. The van der Waals surface area contributed by atoms with Crippen molar-refractivity contribution in [1.29, 1.82) is 0 Å². The fourth-order valence-corrected chi connectivity index (χ4v) is 3.18. The van der Waals surface area contributed by atoms with E-state index >= 15 is 0 Å². The zero-order valence-electron chi connectivity index (χ0n) is 15.7. The van der Waals surface area contributed by atoms with E-state index in [-0.39, 0.29) is 12.2 Å². The normalized spacial score (nSPS) is 11.2. The van der Waals surface area contributed by atoms with Crippen LogP contribution in [-0.2, 0) is 6.61 Å². The molecular weight excluding hydrogens is 430 g/mol. The van der Waals surface area contributed by atoms with Gasteiger partial charge in [-0.3, -0.25) is 4.79 Å². The summed E-state index contributed by atoms with van der Waals surface area (Å²) in [6, 6.07) is 22.6. The number of fused-ring (bicyclic) bond motifs is 1. The number of aromatic nitrogens is 2. The van der Waals surface area contributed by atoms with Gasteiger partial charge in [0.25, 0.3) is 5.56 Å². The molecule has 0 aliphatic carbocycles. The first-order valence-electron chi connectivity index (χ1n) is 9.11. The molecule has 0 fully saturated rings. The smallest absolute Gasteiger partial charge is 0.282 e. The summed E-state index contributed by atoms with van der Waals surface area (Å²) in [5.74, 6) is 1.18. The Labute approximate surface area is 176 Å². The summed E-state index contributed by atoms with van der Waals surface area (Å²) in [6.45, 7) is 2.10. The molecule has 0 radical (unpaired) electrons. The molecule has 29 heavy (non-hydrogen) atoms. The zero-order valence-corrected chi connectivity index (χ0v) is 17.3. The molecule has 1 heterocycles. The Morgan fingerprint density at radius 2 is 1.76 bits per heavy atom. The van der Waals surface area contributed by atoms with Crippen molar-refractivity contribution in [2.24, 2.45) is 5.10 Å². The minimum atomic E-state index is -0.229. The van der Waals surface area contributed by atoms with Crippen LogP contribution in [0.1, 0.15) is 17.0 Å². The minimum absolute atomic E-state index is 0.128. The molecule has 0 unspecified atom stereocenters. The first kappa shape index (κ1) is 19.1. The van der Waals surface area contributed by atoms with Crippen LogP contribution >= 0.6 is 15.9 Å². The van der Waals surface area contributed by atoms with E-state index in [9.17, 15) is 4.79 Å². The molecule has 0 aliphatic rings. The van der Waals surface area contributed by atoms with Crippen LogP contribution in [0.5, 0.6) is 5.75 Å². The molecule has 5 nitrogen and oxygen atoms in total. The molecule has 0 saturated heterocycles. The molecule has 0 saturated carbocycles. The number of halogens is 1. The lowest BCUT2D eigenvalue weighted by atomic mass is 10.2. The van der Waals surface area contributed by atoms with Crippen molar-refractivity contribution in [3.8, 4) is 5.75 Å². The molecule has 0 aliphatic heterocycles. The van der Waals surface area contributed by atoms with Gasteiger partial charge in [-0.05, 0) is 48.4 Å². The van der Waals surface area contributed by atoms with E-state index in [1.54, 1.807) is 12.3 Å². The van der Waals surface area contributed by atoms with E-state index < -0.39 is 0 Å². The third kappa shape index (κ3) is 4.27. The fraction of sp³-hybridized carbons (Fsp3) is 0.0870. The van der Waals surface area contributed by atoms with E-state index in [0.717, 1.165) is 21.3 Å². The molecule has 0 spiro atoms. The maximum atomic E-state index is 13.0. The first-order valence-corrected chi connectivity index (χ1v) is 9.90. The maximum absolute atomic E-state index is 13.0. The number of aryl methyl sites for hydroxylation is 1. The Kier molecular flexibility index (Phi) is 5.53. The number of benzene rings is 3. The summed E-state index contributed by atoms with van der Waals surface area (Å²) >= 11 is 3.41. The lowest BCUT2D eigenvalue weighted by Crippen LogP contribution is -2.23. The molecule has 0 bridgehead atoms. The Balaban J connectivity index is 1.75. The van der Waals surface area contributed by atoms with Gasteiger partial charge in [0.1, 0.15) is 12.4 Å². The van der Waals surface area contributed by atoms with Gasteiger partial charge >= 0.3 is 0 Å². The summed E-state index contributed by atoms with van der Waals surface area (Å²) in [7, 11) is 0. The molecule has 6 heteroatoms. The third-order valence-electron chi connectivity index (χ3n) is 4.46. The van der Waals surface area contributed by atoms with Gasteiger partial charge in [-0.1, -0.05) is 58.4 Å². The second-order valence-electron chi connectivity index (χ2n) is 6.51. The monoisotopic (exact) mass is 447 g/mol. The van der Waals surface area contributed by atoms with Crippen LogP contribution in [0, 0.1) is 6.92 Å². The topological polar surface area (TPSA) is 56.5 Å². The number of para-hydroxylation sites is 2. The summed E-state index contributed by atoms with van der Waals surface area (Å²) in [4.78, 5) is 17.7. The minimum Gasteiger partial charge on any atom is -0.485 e. The molecule has 0 N–H and O–H groups in total. The highest BCUT2D eigenvalue weighted by Gasteiger charge is 2.11. The van der Waals surface area contributed by atoms with Gasteiger partial charge in [0, 0.05) is 4.47 Å². The molecule has 0 amide bonds. The van der Waals surface area contributed by atoms with Crippen LogP contribution in [0.3, 0.4) is 0 Å². The number of ether oxygens (including phenoxy) is 1. The van der Waals surface area contributed by atoms with Crippen LogP contribution in [0.25, 0.3) is 10.9 Å². The summed E-state index contributed by atoms with van der Waals surface area (Å²) in [5.41, 5.74) is 2.28.